The van der Waals surface area contributed by atoms with Crippen LogP contribution in [0.25, 0.3) is 0 Å². The van der Waals surface area contributed by atoms with Crippen molar-refractivity contribution >= 4 is 23.2 Å². The monoisotopic (exact) mass is 296 g/mol. The number of nitrogens with zero attached hydrogens (tertiary/aromatic N) is 1. The first-order valence-corrected chi connectivity index (χ1v) is 7.87. The van der Waals surface area contributed by atoms with Crippen molar-refractivity contribution < 1.29 is 0 Å². The quantitative estimate of drug-likeness (QED) is 0.862. The van der Waals surface area contributed by atoms with E-state index in [1.807, 2.05) is 6.07 Å². The van der Waals surface area contributed by atoms with Crippen LogP contribution >= 0.6 is 23.2 Å². The van der Waals surface area contributed by atoms with Crippen molar-refractivity contribution in [3.63, 3.8) is 0 Å². The van der Waals surface area contributed by atoms with E-state index < -0.39 is 0 Å². The lowest BCUT2D eigenvalue weighted by Crippen LogP contribution is -2.41. The van der Waals surface area contributed by atoms with Crippen LogP contribution in [0, 0.1) is 5.92 Å². The predicted octanol–water partition coefficient (Wildman–Crippen LogP) is 3.27. The van der Waals surface area contributed by atoms with Gasteiger partial charge in [0.25, 0.3) is 0 Å². The van der Waals surface area contributed by atoms with Crippen LogP contribution in [0.2, 0.25) is 10.0 Å². The van der Waals surface area contributed by atoms with E-state index in [9.17, 15) is 0 Å². The molecule has 102 valence electrons. The van der Waals surface area contributed by atoms with E-state index in [1.165, 1.54) is 24.8 Å². The summed E-state index contributed by atoms with van der Waals surface area (Å²) in [5, 5.41) is 1.31. The first-order chi connectivity index (χ1) is 9.15. The predicted molar refractivity (Wildman–Crippen MR) is 78.8 cm³/mol. The molecule has 3 aliphatic rings. The van der Waals surface area contributed by atoms with E-state index in [-0.39, 0.29) is 0 Å². The van der Waals surface area contributed by atoms with Gasteiger partial charge in [0.15, 0.2) is 0 Å². The zero-order valence-corrected chi connectivity index (χ0v) is 12.2. The molecule has 2 N–H and O–H groups in total. The molecule has 0 radical (unpaired) electrons. The molecule has 3 heterocycles. The van der Waals surface area contributed by atoms with E-state index in [2.05, 4.69) is 17.0 Å². The Morgan fingerprint density at radius 2 is 2.00 bits per heavy atom. The number of hydrogen-bond acceptors (Lipinski definition) is 2. The second-order valence-electron chi connectivity index (χ2n) is 6.25. The van der Waals surface area contributed by atoms with Crippen LogP contribution in [0.4, 0.5) is 0 Å². The van der Waals surface area contributed by atoms with E-state index >= 15 is 0 Å². The summed E-state index contributed by atoms with van der Waals surface area (Å²) >= 11 is 12.2. The zero-order valence-electron chi connectivity index (χ0n) is 10.7. The van der Waals surface area contributed by atoms with Crippen LogP contribution in [0.15, 0.2) is 18.2 Å². The standard InChI is InChI=1S/C15H18Cl2N2/c16-11-3-1-8(5-12(11)17)10-6-9-2-4-14-15(10)13(18)7-19(9)14/h1,3,5,9-10,13-15H,2,4,6-7,18H2/t9-,10+,13?,14+,15-/m0/s1. The summed E-state index contributed by atoms with van der Waals surface area (Å²) in [4.78, 5) is 2.66. The first-order valence-electron chi connectivity index (χ1n) is 7.11. The van der Waals surface area contributed by atoms with E-state index in [0.717, 1.165) is 12.6 Å². The van der Waals surface area contributed by atoms with Crippen molar-refractivity contribution in [1.29, 1.82) is 0 Å². The number of hydrogen-bond donors (Lipinski definition) is 1. The summed E-state index contributed by atoms with van der Waals surface area (Å²) in [7, 11) is 0. The van der Waals surface area contributed by atoms with Crippen molar-refractivity contribution in [3.05, 3.63) is 33.8 Å². The summed E-state index contributed by atoms with van der Waals surface area (Å²) in [6.07, 6.45) is 3.89. The lowest BCUT2D eigenvalue weighted by Gasteiger charge is -2.38. The third-order valence-electron chi connectivity index (χ3n) is 5.41. The molecule has 0 aliphatic carbocycles. The Hall–Kier alpha value is -0.280. The molecule has 4 heteroatoms. The largest absolute Gasteiger partial charge is 0.326 e. The van der Waals surface area contributed by atoms with Crippen molar-refractivity contribution in [2.45, 2.75) is 43.3 Å². The molecule has 3 saturated heterocycles. The van der Waals surface area contributed by atoms with Gasteiger partial charge in [0.2, 0.25) is 0 Å². The average Bonchev–Trinajstić information content (AvgIpc) is 2.78. The SMILES string of the molecule is NC1CN2[C@H]3CC[C@@H]2[C@H]1[C@@H](c1ccc(Cl)c(Cl)c1)C3. The van der Waals surface area contributed by atoms with Gasteiger partial charge >= 0.3 is 0 Å². The molecule has 0 spiro atoms. The van der Waals surface area contributed by atoms with Crippen LogP contribution < -0.4 is 5.73 Å². The Kier molecular flexibility index (Phi) is 2.86. The van der Waals surface area contributed by atoms with E-state index in [4.69, 9.17) is 28.9 Å². The maximum absolute atomic E-state index is 6.40. The van der Waals surface area contributed by atoms with Crippen LogP contribution in [0.1, 0.15) is 30.7 Å². The maximum atomic E-state index is 6.40. The summed E-state index contributed by atoms with van der Waals surface area (Å²) in [5.41, 5.74) is 7.73. The van der Waals surface area contributed by atoms with Crippen LogP contribution in [-0.2, 0) is 0 Å². The number of piperidine rings is 1. The van der Waals surface area contributed by atoms with Gasteiger partial charge in [0, 0.05) is 24.7 Å². The molecule has 0 aromatic heterocycles. The molecule has 4 rings (SSSR count). The average molecular weight is 297 g/mol. The molecule has 4 bridgehead atoms. The third kappa shape index (κ3) is 1.77. The van der Waals surface area contributed by atoms with Gasteiger partial charge in [0.05, 0.1) is 10.0 Å². The van der Waals surface area contributed by atoms with Crippen LogP contribution in [0.5, 0.6) is 0 Å². The molecule has 1 aromatic rings. The van der Waals surface area contributed by atoms with Gasteiger partial charge in [-0.2, -0.15) is 0 Å². The third-order valence-corrected chi connectivity index (χ3v) is 6.15. The van der Waals surface area contributed by atoms with Crippen LogP contribution in [0.3, 0.4) is 0 Å². The first kappa shape index (κ1) is 12.5. The fourth-order valence-electron chi connectivity index (χ4n) is 4.69. The lowest BCUT2D eigenvalue weighted by molar-refractivity contribution is 0.151. The Morgan fingerprint density at radius 1 is 1.16 bits per heavy atom. The van der Waals surface area contributed by atoms with Gasteiger partial charge in [-0.15, -0.1) is 0 Å². The number of rotatable bonds is 1. The molecule has 0 amide bonds. The van der Waals surface area contributed by atoms with Gasteiger partial charge in [-0.25, -0.2) is 0 Å². The normalized spacial score (nSPS) is 43.7. The second kappa shape index (κ2) is 4.36. The van der Waals surface area contributed by atoms with Crippen molar-refractivity contribution in [3.8, 4) is 0 Å². The van der Waals surface area contributed by atoms with Gasteiger partial charge < -0.3 is 5.73 Å². The molecule has 2 unspecified atom stereocenters. The highest BCUT2D eigenvalue weighted by atomic mass is 35.5. The van der Waals surface area contributed by atoms with Crippen molar-refractivity contribution in [2.24, 2.45) is 11.7 Å². The molecule has 19 heavy (non-hydrogen) atoms. The fourth-order valence-corrected chi connectivity index (χ4v) is 4.99. The molecule has 3 aliphatic heterocycles. The summed E-state index contributed by atoms with van der Waals surface area (Å²) < 4.78 is 0. The summed E-state index contributed by atoms with van der Waals surface area (Å²) in [5.74, 6) is 1.15. The Labute approximate surface area is 123 Å². The van der Waals surface area contributed by atoms with Gasteiger partial charge in [-0.1, -0.05) is 29.3 Å². The summed E-state index contributed by atoms with van der Waals surface area (Å²) in [6, 6.07) is 7.86. The highest BCUT2D eigenvalue weighted by molar-refractivity contribution is 6.42. The number of nitrogens with two attached hydrogens (primary N) is 1. The fraction of sp³-hybridized carbons (Fsp3) is 0.600. The smallest absolute Gasteiger partial charge is 0.0595 e. The number of halogens is 2. The Morgan fingerprint density at radius 3 is 2.79 bits per heavy atom. The maximum Gasteiger partial charge on any atom is 0.0595 e. The lowest BCUT2D eigenvalue weighted by atomic mass is 9.76. The second-order valence-corrected chi connectivity index (χ2v) is 7.07. The highest BCUT2D eigenvalue weighted by Gasteiger charge is 2.54. The minimum atomic E-state index is 0.315. The van der Waals surface area contributed by atoms with Crippen molar-refractivity contribution in [2.75, 3.05) is 6.54 Å². The van der Waals surface area contributed by atoms with Crippen LogP contribution in [-0.4, -0.2) is 29.6 Å². The van der Waals surface area contributed by atoms with Gasteiger partial charge in [-0.3, -0.25) is 4.90 Å². The molecular formula is C15H18Cl2N2. The van der Waals surface area contributed by atoms with Gasteiger partial charge in [0.1, 0.15) is 0 Å². The molecular weight excluding hydrogens is 279 g/mol. The number of benzene rings is 1. The molecule has 1 aromatic carbocycles. The molecule has 0 saturated carbocycles. The molecule has 3 fully saturated rings. The minimum Gasteiger partial charge on any atom is -0.326 e. The topological polar surface area (TPSA) is 29.3 Å². The molecule has 2 nitrogen and oxygen atoms in total. The zero-order chi connectivity index (χ0) is 13.1. The highest BCUT2D eigenvalue weighted by Crippen LogP contribution is 2.52. The molecule has 6 atom stereocenters. The van der Waals surface area contributed by atoms with Crippen molar-refractivity contribution in [1.82, 2.24) is 4.90 Å². The van der Waals surface area contributed by atoms with E-state index in [1.54, 1.807) is 0 Å². The van der Waals surface area contributed by atoms with E-state index in [0.29, 0.717) is 34.0 Å². The van der Waals surface area contributed by atoms with Gasteiger partial charge in [-0.05, 0) is 48.8 Å². The minimum absolute atomic E-state index is 0.315. The summed E-state index contributed by atoms with van der Waals surface area (Å²) in [6.45, 7) is 1.08. The Bertz CT molecular complexity index is 519. The Balaban J connectivity index is 1.73.